The fourth-order valence-electron chi connectivity index (χ4n) is 3.37. The van der Waals surface area contributed by atoms with Crippen LogP contribution in [0.4, 0.5) is 0 Å². The third-order valence-corrected chi connectivity index (χ3v) is 4.92. The monoisotopic (exact) mass is 261 g/mol. The number of aliphatic hydroxyl groups excluding tert-OH is 1. The molecule has 1 saturated carbocycles. The Balaban J connectivity index is 1.81. The lowest BCUT2D eigenvalue weighted by Gasteiger charge is -2.44. The van der Waals surface area contributed by atoms with Gasteiger partial charge in [-0.25, -0.2) is 0 Å². The van der Waals surface area contributed by atoms with Crippen LogP contribution < -0.4 is 4.74 Å². The van der Waals surface area contributed by atoms with Gasteiger partial charge in [0.05, 0.1) is 13.2 Å². The van der Waals surface area contributed by atoms with Crippen LogP contribution in [-0.2, 0) is 6.42 Å². The summed E-state index contributed by atoms with van der Waals surface area (Å²) in [6, 6.07) is 7.00. The zero-order valence-electron chi connectivity index (χ0n) is 11.8. The highest BCUT2D eigenvalue weighted by molar-refractivity contribution is 5.39. The Kier molecular flexibility index (Phi) is 3.50. The first-order valence-corrected chi connectivity index (χ1v) is 7.27. The molecule has 1 fully saturated rings. The molecule has 2 atom stereocenters. The Morgan fingerprint density at radius 3 is 2.68 bits per heavy atom. The SMILES string of the molecule is COc1ccc2c(c1)CCC(N(C)C1CCC1)C2O. The number of methoxy groups -OCH3 is 1. The predicted octanol–water partition coefficient (Wildman–Crippen LogP) is 2.53. The van der Waals surface area contributed by atoms with Gasteiger partial charge in [0.25, 0.3) is 0 Å². The molecule has 0 bridgehead atoms. The number of likely N-dealkylation sites (N-methyl/N-ethyl adjacent to an activating group) is 1. The van der Waals surface area contributed by atoms with Crippen LogP contribution in [0, 0.1) is 0 Å². The minimum Gasteiger partial charge on any atom is -0.497 e. The van der Waals surface area contributed by atoms with Crippen molar-refractivity contribution in [1.29, 1.82) is 0 Å². The van der Waals surface area contributed by atoms with E-state index in [2.05, 4.69) is 18.0 Å². The van der Waals surface area contributed by atoms with Gasteiger partial charge in [-0.05, 0) is 56.0 Å². The van der Waals surface area contributed by atoms with Gasteiger partial charge in [0.2, 0.25) is 0 Å². The van der Waals surface area contributed by atoms with E-state index >= 15 is 0 Å². The summed E-state index contributed by atoms with van der Waals surface area (Å²) in [5, 5.41) is 10.6. The van der Waals surface area contributed by atoms with Crippen molar-refractivity contribution in [2.75, 3.05) is 14.2 Å². The minimum atomic E-state index is -0.361. The Labute approximate surface area is 115 Å². The van der Waals surface area contributed by atoms with E-state index in [1.165, 1.54) is 24.8 Å². The van der Waals surface area contributed by atoms with Gasteiger partial charge in [-0.15, -0.1) is 0 Å². The van der Waals surface area contributed by atoms with Crippen LogP contribution in [0.3, 0.4) is 0 Å². The molecule has 0 saturated heterocycles. The van der Waals surface area contributed by atoms with E-state index in [1.807, 2.05) is 12.1 Å². The number of nitrogens with zero attached hydrogens (tertiary/aromatic N) is 1. The highest BCUT2D eigenvalue weighted by Crippen LogP contribution is 2.37. The molecular formula is C16H23NO2. The lowest BCUT2D eigenvalue weighted by molar-refractivity contribution is 0.00788. The van der Waals surface area contributed by atoms with Gasteiger partial charge >= 0.3 is 0 Å². The van der Waals surface area contributed by atoms with Gasteiger partial charge in [-0.2, -0.15) is 0 Å². The summed E-state index contributed by atoms with van der Waals surface area (Å²) >= 11 is 0. The Morgan fingerprint density at radius 2 is 2.05 bits per heavy atom. The molecule has 3 heteroatoms. The topological polar surface area (TPSA) is 32.7 Å². The van der Waals surface area contributed by atoms with E-state index < -0.39 is 0 Å². The lowest BCUT2D eigenvalue weighted by atomic mass is 9.82. The second-order valence-corrected chi connectivity index (χ2v) is 5.87. The Morgan fingerprint density at radius 1 is 1.26 bits per heavy atom. The van der Waals surface area contributed by atoms with Crippen LogP contribution in [0.15, 0.2) is 18.2 Å². The van der Waals surface area contributed by atoms with Gasteiger partial charge < -0.3 is 9.84 Å². The maximum atomic E-state index is 10.6. The van der Waals surface area contributed by atoms with Crippen molar-refractivity contribution in [2.24, 2.45) is 0 Å². The second kappa shape index (κ2) is 5.14. The summed E-state index contributed by atoms with van der Waals surface area (Å²) in [6.07, 6.45) is 5.62. The Hall–Kier alpha value is -1.06. The van der Waals surface area contributed by atoms with Crippen LogP contribution in [0.2, 0.25) is 0 Å². The summed E-state index contributed by atoms with van der Waals surface area (Å²) in [4.78, 5) is 2.40. The summed E-state index contributed by atoms with van der Waals surface area (Å²) in [5.74, 6) is 0.886. The molecule has 104 valence electrons. The highest BCUT2D eigenvalue weighted by Gasteiger charge is 2.35. The maximum absolute atomic E-state index is 10.6. The number of aryl methyl sites for hydroxylation is 1. The first kappa shape index (κ1) is 12.9. The fraction of sp³-hybridized carbons (Fsp3) is 0.625. The van der Waals surface area contributed by atoms with E-state index in [0.717, 1.165) is 24.2 Å². The van der Waals surface area contributed by atoms with Gasteiger partial charge in [-0.1, -0.05) is 12.5 Å². The number of benzene rings is 1. The first-order valence-electron chi connectivity index (χ1n) is 7.27. The standard InChI is InChI=1S/C16H23NO2/c1-17(12-4-3-5-12)15-9-6-11-10-13(19-2)7-8-14(11)16(15)18/h7-8,10,12,15-16,18H,3-6,9H2,1-2H3. The Bertz CT molecular complexity index is 456. The molecular weight excluding hydrogens is 238 g/mol. The van der Waals surface area contributed by atoms with Gasteiger partial charge in [0, 0.05) is 12.1 Å². The van der Waals surface area contributed by atoms with Crippen molar-refractivity contribution in [3.63, 3.8) is 0 Å². The van der Waals surface area contributed by atoms with Crippen LogP contribution >= 0.6 is 0 Å². The van der Waals surface area contributed by atoms with E-state index in [0.29, 0.717) is 6.04 Å². The fourth-order valence-corrected chi connectivity index (χ4v) is 3.37. The molecule has 1 aromatic carbocycles. The first-order chi connectivity index (χ1) is 9.20. The molecule has 2 aliphatic rings. The predicted molar refractivity (Wildman–Crippen MR) is 75.5 cm³/mol. The molecule has 0 radical (unpaired) electrons. The minimum absolute atomic E-state index is 0.270. The smallest absolute Gasteiger partial charge is 0.119 e. The van der Waals surface area contributed by atoms with Crippen molar-refractivity contribution < 1.29 is 9.84 Å². The molecule has 1 aromatic rings. The number of aliphatic hydroxyl groups is 1. The maximum Gasteiger partial charge on any atom is 0.119 e. The third-order valence-electron chi connectivity index (χ3n) is 4.92. The molecule has 0 heterocycles. The lowest BCUT2D eigenvalue weighted by Crippen LogP contribution is -2.48. The quantitative estimate of drug-likeness (QED) is 0.907. The zero-order valence-corrected chi connectivity index (χ0v) is 11.8. The summed E-state index contributed by atoms with van der Waals surface area (Å²) in [5.41, 5.74) is 2.33. The van der Waals surface area contributed by atoms with Crippen LogP contribution in [0.25, 0.3) is 0 Å². The van der Waals surface area contributed by atoms with Crippen molar-refractivity contribution in [2.45, 2.75) is 50.3 Å². The van der Waals surface area contributed by atoms with Crippen molar-refractivity contribution in [3.05, 3.63) is 29.3 Å². The number of hydrogen-bond acceptors (Lipinski definition) is 3. The average Bonchev–Trinajstić information content (AvgIpc) is 2.36. The highest BCUT2D eigenvalue weighted by atomic mass is 16.5. The number of rotatable bonds is 3. The number of fused-ring (bicyclic) bond motifs is 1. The van der Waals surface area contributed by atoms with Gasteiger partial charge in [0.15, 0.2) is 0 Å². The largest absolute Gasteiger partial charge is 0.497 e. The van der Waals surface area contributed by atoms with Crippen LogP contribution in [0.1, 0.15) is 42.9 Å². The molecule has 3 rings (SSSR count). The molecule has 0 aromatic heterocycles. The second-order valence-electron chi connectivity index (χ2n) is 5.87. The van der Waals surface area contributed by atoms with Gasteiger partial charge in [0.1, 0.15) is 5.75 Å². The molecule has 19 heavy (non-hydrogen) atoms. The molecule has 1 N–H and O–H groups in total. The number of ether oxygens (including phenoxy) is 1. The third kappa shape index (κ3) is 2.26. The van der Waals surface area contributed by atoms with Crippen LogP contribution in [0.5, 0.6) is 5.75 Å². The number of hydrogen-bond donors (Lipinski definition) is 1. The zero-order chi connectivity index (χ0) is 13.4. The molecule has 3 nitrogen and oxygen atoms in total. The van der Waals surface area contributed by atoms with Crippen molar-refractivity contribution >= 4 is 0 Å². The average molecular weight is 261 g/mol. The molecule has 0 amide bonds. The molecule has 2 aliphatic carbocycles. The molecule has 2 unspecified atom stereocenters. The van der Waals surface area contributed by atoms with Crippen LogP contribution in [-0.4, -0.2) is 36.2 Å². The van der Waals surface area contributed by atoms with E-state index in [4.69, 9.17) is 4.74 Å². The van der Waals surface area contributed by atoms with E-state index in [9.17, 15) is 5.11 Å². The normalized spacial score (nSPS) is 26.9. The van der Waals surface area contributed by atoms with Crippen molar-refractivity contribution in [3.8, 4) is 5.75 Å². The molecule has 0 aliphatic heterocycles. The summed E-state index contributed by atoms with van der Waals surface area (Å²) in [7, 11) is 3.86. The van der Waals surface area contributed by atoms with E-state index in [-0.39, 0.29) is 12.1 Å². The van der Waals surface area contributed by atoms with E-state index in [1.54, 1.807) is 7.11 Å². The summed E-state index contributed by atoms with van der Waals surface area (Å²) in [6.45, 7) is 0. The van der Waals surface area contributed by atoms with Gasteiger partial charge in [-0.3, -0.25) is 4.90 Å². The summed E-state index contributed by atoms with van der Waals surface area (Å²) < 4.78 is 5.26. The molecule has 0 spiro atoms. The van der Waals surface area contributed by atoms with Crippen molar-refractivity contribution in [1.82, 2.24) is 4.90 Å².